The SMILES string of the molecule is Cc1ccc2c(c1)nc(N)n2C(C)c1nc(C)cs1. The van der Waals surface area contributed by atoms with Crippen molar-refractivity contribution in [3.05, 3.63) is 39.8 Å². The number of aromatic nitrogens is 3. The second kappa shape index (κ2) is 4.35. The topological polar surface area (TPSA) is 56.7 Å². The predicted octanol–water partition coefficient (Wildman–Crippen LogP) is 3.30. The van der Waals surface area contributed by atoms with E-state index in [9.17, 15) is 0 Å². The fraction of sp³-hybridized carbons (Fsp3) is 0.286. The molecule has 1 atom stereocenters. The minimum atomic E-state index is 0.103. The molecule has 1 aromatic carbocycles. The number of rotatable bonds is 2. The van der Waals surface area contributed by atoms with E-state index in [0.29, 0.717) is 5.95 Å². The van der Waals surface area contributed by atoms with Gasteiger partial charge in [0.2, 0.25) is 5.95 Å². The number of aryl methyl sites for hydroxylation is 2. The van der Waals surface area contributed by atoms with Crippen LogP contribution in [0.2, 0.25) is 0 Å². The van der Waals surface area contributed by atoms with Gasteiger partial charge in [-0.25, -0.2) is 9.97 Å². The lowest BCUT2D eigenvalue weighted by molar-refractivity contribution is 0.661. The third kappa shape index (κ3) is 2.00. The molecule has 0 saturated carbocycles. The van der Waals surface area contributed by atoms with Gasteiger partial charge in [-0.05, 0) is 38.5 Å². The molecule has 3 rings (SSSR count). The molecule has 4 nitrogen and oxygen atoms in total. The Morgan fingerprint density at radius 2 is 2.05 bits per heavy atom. The molecule has 98 valence electrons. The van der Waals surface area contributed by atoms with Crippen molar-refractivity contribution in [2.45, 2.75) is 26.8 Å². The summed E-state index contributed by atoms with van der Waals surface area (Å²) in [6.45, 7) is 6.17. The van der Waals surface area contributed by atoms with Crippen LogP contribution in [0, 0.1) is 13.8 Å². The summed E-state index contributed by atoms with van der Waals surface area (Å²) in [5, 5.41) is 3.12. The average molecular weight is 272 g/mol. The van der Waals surface area contributed by atoms with Crippen LogP contribution in [0.15, 0.2) is 23.6 Å². The van der Waals surface area contributed by atoms with Crippen LogP contribution in [0.1, 0.15) is 29.2 Å². The summed E-state index contributed by atoms with van der Waals surface area (Å²) >= 11 is 1.66. The van der Waals surface area contributed by atoms with E-state index in [-0.39, 0.29) is 6.04 Å². The van der Waals surface area contributed by atoms with Crippen LogP contribution in [0.25, 0.3) is 11.0 Å². The van der Waals surface area contributed by atoms with Crippen LogP contribution in [0.3, 0.4) is 0 Å². The van der Waals surface area contributed by atoms with Crippen molar-refractivity contribution in [2.24, 2.45) is 0 Å². The smallest absolute Gasteiger partial charge is 0.201 e. The minimum absolute atomic E-state index is 0.103. The monoisotopic (exact) mass is 272 g/mol. The summed E-state index contributed by atoms with van der Waals surface area (Å²) in [7, 11) is 0. The van der Waals surface area contributed by atoms with Crippen molar-refractivity contribution in [3.63, 3.8) is 0 Å². The van der Waals surface area contributed by atoms with E-state index in [4.69, 9.17) is 5.73 Å². The number of fused-ring (bicyclic) bond motifs is 1. The Bertz CT molecular complexity index is 741. The minimum Gasteiger partial charge on any atom is -0.369 e. The molecule has 2 N–H and O–H groups in total. The molecule has 0 spiro atoms. The van der Waals surface area contributed by atoms with Gasteiger partial charge in [0.05, 0.1) is 17.1 Å². The number of hydrogen-bond donors (Lipinski definition) is 1. The van der Waals surface area contributed by atoms with Gasteiger partial charge in [-0.1, -0.05) is 6.07 Å². The van der Waals surface area contributed by atoms with Crippen LogP contribution in [-0.2, 0) is 0 Å². The van der Waals surface area contributed by atoms with Gasteiger partial charge in [-0.3, -0.25) is 0 Å². The van der Waals surface area contributed by atoms with Crippen LogP contribution in [0.4, 0.5) is 5.95 Å². The van der Waals surface area contributed by atoms with Gasteiger partial charge in [0.15, 0.2) is 0 Å². The molecule has 3 aromatic rings. The highest BCUT2D eigenvalue weighted by atomic mass is 32.1. The number of imidazole rings is 1. The zero-order chi connectivity index (χ0) is 13.6. The van der Waals surface area contributed by atoms with Crippen molar-refractivity contribution in [3.8, 4) is 0 Å². The molecule has 0 aliphatic heterocycles. The van der Waals surface area contributed by atoms with E-state index in [1.54, 1.807) is 11.3 Å². The molecule has 19 heavy (non-hydrogen) atoms. The Labute approximate surface area is 115 Å². The maximum atomic E-state index is 6.08. The fourth-order valence-electron chi connectivity index (χ4n) is 2.31. The van der Waals surface area contributed by atoms with Gasteiger partial charge in [-0.2, -0.15) is 0 Å². The van der Waals surface area contributed by atoms with Gasteiger partial charge in [0.1, 0.15) is 5.01 Å². The zero-order valence-corrected chi connectivity index (χ0v) is 12.0. The molecule has 0 fully saturated rings. The van der Waals surface area contributed by atoms with Crippen molar-refractivity contribution in [2.75, 3.05) is 5.73 Å². The number of nitrogens with two attached hydrogens (primary N) is 1. The summed E-state index contributed by atoms with van der Waals surface area (Å²) in [4.78, 5) is 8.99. The lowest BCUT2D eigenvalue weighted by Crippen LogP contribution is -2.10. The standard InChI is InChI=1S/C14H16N4S/c1-8-4-5-12-11(6-8)17-14(15)18(12)10(3)13-16-9(2)7-19-13/h4-7,10H,1-3H3,(H2,15,17). The van der Waals surface area contributed by atoms with Crippen molar-refractivity contribution >= 4 is 28.3 Å². The number of nitrogen functional groups attached to an aromatic ring is 1. The molecule has 2 aromatic heterocycles. The molecule has 0 saturated heterocycles. The highest BCUT2D eigenvalue weighted by Gasteiger charge is 2.17. The van der Waals surface area contributed by atoms with E-state index < -0.39 is 0 Å². The Morgan fingerprint density at radius 3 is 2.74 bits per heavy atom. The second-order valence-electron chi connectivity index (χ2n) is 4.84. The Morgan fingerprint density at radius 1 is 1.26 bits per heavy atom. The van der Waals surface area contributed by atoms with E-state index in [2.05, 4.69) is 47.4 Å². The molecular weight excluding hydrogens is 256 g/mol. The molecule has 2 heterocycles. The number of hydrogen-bond acceptors (Lipinski definition) is 4. The van der Waals surface area contributed by atoms with Gasteiger partial charge >= 0.3 is 0 Å². The maximum Gasteiger partial charge on any atom is 0.201 e. The lowest BCUT2D eigenvalue weighted by atomic mass is 10.2. The lowest BCUT2D eigenvalue weighted by Gasteiger charge is -2.13. The first-order valence-electron chi connectivity index (χ1n) is 6.22. The summed E-state index contributed by atoms with van der Waals surface area (Å²) in [5.41, 5.74) is 10.3. The van der Waals surface area contributed by atoms with Crippen molar-refractivity contribution in [1.29, 1.82) is 0 Å². The van der Waals surface area contributed by atoms with Gasteiger partial charge in [-0.15, -0.1) is 11.3 Å². The third-order valence-corrected chi connectivity index (χ3v) is 4.39. The number of thiazole rings is 1. The van der Waals surface area contributed by atoms with Crippen molar-refractivity contribution < 1.29 is 0 Å². The summed E-state index contributed by atoms with van der Waals surface area (Å²) in [6, 6.07) is 6.32. The van der Waals surface area contributed by atoms with Crippen LogP contribution in [-0.4, -0.2) is 14.5 Å². The molecule has 0 amide bonds. The molecule has 0 aliphatic carbocycles. The molecule has 0 bridgehead atoms. The largest absolute Gasteiger partial charge is 0.369 e. The van der Waals surface area contributed by atoms with Crippen LogP contribution >= 0.6 is 11.3 Å². The van der Waals surface area contributed by atoms with E-state index in [0.717, 1.165) is 21.7 Å². The van der Waals surface area contributed by atoms with Crippen LogP contribution < -0.4 is 5.73 Å². The van der Waals surface area contributed by atoms with Crippen LogP contribution in [0.5, 0.6) is 0 Å². The first-order valence-corrected chi connectivity index (χ1v) is 7.10. The molecular formula is C14H16N4S. The Hall–Kier alpha value is -1.88. The maximum absolute atomic E-state index is 6.08. The van der Waals surface area contributed by atoms with Gasteiger partial charge in [0.25, 0.3) is 0 Å². The first-order chi connectivity index (χ1) is 9.06. The molecule has 1 unspecified atom stereocenters. The predicted molar refractivity (Wildman–Crippen MR) is 79.5 cm³/mol. The number of nitrogens with zero attached hydrogens (tertiary/aromatic N) is 3. The highest BCUT2D eigenvalue weighted by molar-refractivity contribution is 7.09. The Balaban J connectivity index is 2.16. The Kier molecular flexibility index (Phi) is 2.78. The molecule has 0 radical (unpaired) electrons. The quantitative estimate of drug-likeness (QED) is 0.778. The summed E-state index contributed by atoms with van der Waals surface area (Å²) < 4.78 is 2.05. The average Bonchev–Trinajstić information content (AvgIpc) is 2.91. The number of anilines is 1. The molecule has 0 aliphatic rings. The first kappa shape index (κ1) is 12.2. The van der Waals surface area contributed by atoms with E-state index in [1.807, 2.05) is 11.5 Å². The normalized spacial score (nSPS) is 13.0. The summed E-state index contributed by atoms with van der Waals surface area (Å²) in [5.74, 6) is 0.543. The van der Waals surface area contributed by atoms with E-state index in [1.165, 1.54) is 5.56 Å². The third-order valence-electron chi connectivity index (χ3n) is 3.25. The van der Waals surface area contributed by atoms with Crippen molar-refractivity contribution in [1.82, 2.24) is 14.5 Å². The molecule has 5 heteroatoms. The summed E-state index contributed by atoms with van der Waals surface area (Å²) in [6.07, 6.45) is 0. The zero-order valence-electron chi connectivity index (χ0n) is 11.2. The van der Waals surface area contributed by atoms with Gasteiger partial charge in [0, 0.05) is 11.1 Å². The van der Waals surface area contributed by atoms with Gasteiger partial charge < -0.3 is 10.3 Å². The highest BCUT2D eigenvalue weighted by Crippen LogP contribution is 2.29. The second-order valence-corrected chi connectivity index (χ2v) is 5.72. The van der Waals surface area contributed by atoms with E-state index >= 15 is 0 Å². The fourth-order valence-corrected chi connectivity index (χ4v) is 3.15. The number of benzene rings is 1.